The van der Waals surface area contributed by atoms with Gasteiger partial charge in [0.15, 0.2) is 0 Å². The molecule has 0 spiro atoms. The fourth-order valence-electron chi connectivity index (χ4n) is 3.35. The summed E-state index contributed by atoms with van der Waals surface area (Å²) >= 11 is 0. The molecule has 0 saturated carbocycles. The Kier molecular flexibility index (Phi) is 6.30. The van der Waals surface area contributed by atoms with Gasteiger partial charge >= 0.3 is 91.7 Å². The topological polar surface area (TPSA) is 0 Å². The van der Waals surface area contributed by atoms with Crippen molar-refractivity contribution in [3.05, 3.63) is 0 Å². The molecule has 0 radical (unpaired) electrons. The van der Waals surface area contributed by atoms with E-state index in [2.05, 4.69) is 48.5 Å². The molecule has 0 fully saturated rings. The van der Waals surface area contributed by atoms with Crippen LogP contribution in [-0.2, 0) is 0 Å². The number of hydrogen-bond acceptors (Lipinski definition) is 0. The van der Waals surface area contributed by atoms with Crippen molar-refractivity contribution in [2.24, 2.45) is 0 Å². The van der Waals surface area contributed by atoms with Crippen molar-refractivity contribution in [1.82, 2.24) is 0 Å². The van der Waals surface area contributed by atoms with Gasteiger partial charge in [-0.15, -0.1) is 0 Å². The van der Waals surface area contributed by atoms with Gasteiger partial charge in [-0.05, 0) is 0 Å². The summed E-state index contributed by atoms with van der Waals surface area (Å²) in [5, 5.41) is 0. The molecule has 0 aliphatic heterocycles. The normalized spacial score (nSPS) is 14.4. The first kappa shape index (κ1) is 14.4. The van der Waals surface area contributed by atoms with Crippen LogP contribution in [0.3, 0.4) is 0 Å². The van der Waals surface area contributed by atoms with Gasteiger partial charge in [0.1, 0.15) is 0 Å². The van der Waals surface area contributed by atoms with Gasteiger partial charge in [0.2, 0.25) is 0 Å². The Labute approximate surface area is 92.2 Å². The van der Waals surface area contributed by atoms with Gasteiger partial charge in [-0.1, -0.05) is 0 Å². The van der Waals surface area contributed by atoms with Gasteiger partial charge in [-0.2, -0.15) is 0 Å². The standard InChI is InChI=1S/C13H31P/c1-8-9-10-14(11(2)3,12(4)5)13(6)7/h11-14H,8-10H2,1-7H3. The second kappa shape index (κ2) is 6.11. The van der Waals surface area contributed by atoms with E-state index in [1.54, 1.807) is 0 Å². The van der Waals surface area contributed by atoms with Crippen LogP contribution in [0.1, 0.15) is 61.3 Å². The predicted octanol–water partition coefficient (Wildman–Crippen LogP) is 4.76. The molecule has 0 bridgehead atoms. The van der Waals surface area contributed by atoms with Crippen LogP contribution in [-0.4, -0.2) is 23.1 Å². The zero-order valence-electron chi connectivity index (χ0n) is 11.4. The molecule has 88 valence electrons. The number of hydrogen-bond donors (Lipinski definition) is 0. The molecule has 0 unspecified atom stereocenters. The Morgan fingerprint density at radius 3 is 1.36 bits per heavy atom. The summed E-state index contributed by atoms with van der Waals surface area (Å²) in [5.74, 6) is 0. The van der Waals surface area contributed by atoms with Crippen LogP contribution in [0.25, 0.3) is 0 Å². The molecule has 0 heterocycles. The molecule has 0 aromatic heterocycles. The van der Waals surface area contributed by atoms with Gasteiger partial charge in [0.05, 0.1) is 0 Å². The fraction of sp³-hybridized carbons (Fsp3) is 1.00. The average Bonchev–Trinajstić information content (AvgIpc) is 2.03. The maximum absolute atomic E-state index is 2.46. The van der Waals surface area contributed by atoms with Crippen LogP contribution in [0.15, 0.2) is 0 Å². The average molecular weight is 218 g/mol. The molecule has 0 atom stereocenters. The first-order chi connectivity index (χ1) is 6.39. The minimum absolute atomic E-state index is 0.939. The maximum atomic E-state index is 2.46. The van der Waals surface area contributed by atoms with Crippen LogP contribution in [0.4, 0.5) is 0 Å². The second-order valence-corrected chi connectivity index (χ2v) is 11.9. The molecule has 0 aliphatic carbocycles. The minimum atomic E-state index is -1.05. The quantitative estimate of drug-likeness (QED) is 0.564. The molecule has 1 heteroatoms. The summed E-state index contributed by atoms with van der Waals surface area (Å²) in [6.07, 6.45) is 4.35. The Bertz CT molecular complexity index is 126. The molecule has 0 rings (SSSR count). The number of unbranched alkanes of at least 4 members (excludes halogenated alkanes) is 1. The van der Waals surface area contributed by atoms with E-state index in [1.807, 2.05) is 0 Å². The Hall–Kier alpha value is 0.430. The fourth-order valence-corrected chi connectivity index (χ4v) is 10.0. The van der Waals surface area contributed by atoms with Crippen molar-refractivity contribution in [3.63, 3.8) is 0 Å². The Balaban J connectivity index is 4.76. The third kappa shape index (κ3) is 2.96. The van der Waals surface area contributed by atoms with Crippen molar-refractivity contribution in [1.29, 1.82) is 0 Å². The molecule has 14 heavy (non-hydrogen) atoms. The van der Waals surface area contributed by atoms with Crippen molar-refractivity contribution in [2.45, 2.75) is 78.3 Å². The van der Waals surface area contributed by atoms with Crippen LogP contribution in [0.5, 0.6) is 0 Å². The van der Waals surface area contributed by atoms with E-state index in [-0.39, 0.29) is 0 Å². The molecule has 0 aliphatic rings. The zero-order valence-corrected chi connectivity index (χ0v) is 12.4. The van der Waals surface area contributed by atoms with Crippen LogP contribution < -0.4 is 0 Å². The molecule has 0 N–H and O–H groups in total. The predicted molar refractivity (Wildman–Crippen MR) is 73.5 cm³/mol. The van der Waals surface area contributed by atoms with E-state index in [0.717, 1.165) is 17.0 Å². The molecule has 0 saturated heterocycles. The molecule has 0 aromatic rings. The monoisotopic (exact) mass is 218 g/mol. The first-order valence-corrected chi connectivity index (χ1v) is 8.83. The van der Waals surface area contributed by atoms with Crippen LogP contribution in [0.2, 0.25) is 0 Å². The Morgan fingerprint density at radius 1 is 0.786 bits per heavy atom. The summed E-state index contributed by atoms with van der Waals surface area (Å²) in [7, 11) is -1.05. The van der Waals surface area contributed by atoms with E-state index in [0.29, 0.717) is 0 Å². The summed E-state index contributed by atoms with van der Waals surface area (Å²) in [6.45, 7) is 17.1. The van der Waals surface area contributed by atoms with Crippen molar-refractivity contribution in [2.75, 3.05) is 6.16 Å². The van der Waals surface area contributed by atoms with Crippen molar-refractivity contribution in [3.8, 4) is 0 Å². The van der Waals surface area contributed by atoms with E-state index in [1.165, 1.54) is 19.0 Å². The first-order valence-electron chi connectivity index (χ1n) is 6.39. The summed E-state index contributed by atoms with van der Waals surface area (Å²) in [4.78, 5) is 0. The Morgan fingerprint density at radius 2 is 1.14 bits per heavy atom. The molecule has 0 amide bonds. The van der Waals surface area contributed by atoms with Gasteiger partial charge in [-0.25, -0.2) is 0 Å². The van der Waals surface area contributed by atoms with E-state index in [4.69, 9.17) is 0 Å². The third-order valence-electron chi connectivity index (χ3n) is 4.19. The third-order valence-corrected chi connectivity index (χ3v) is 11.9. The number of rotatable bonds is 6. The summed E-state index contributed by atoms with van der Waals surface area (Å²) in [5.41, 5.74) is 2.82. The zero-order chi connectivity index (χ0) is 11.4. The molecule has 0 nitrogen and oxygen atoms in total. The molecular weight excluding hydrogens is 187 g/mol. The van der Waals surface area contributed by atoms with Gasteiger partial charge in [0.25, 0.3) is 0 Å². The van der Waals surface area contributed by atoms with E-state index >= 15 is 0 Å². The van der Waals surface area contributed by atoms with Crippen LogP contribution >= 0.6 is 7.26 Å². The van der Waals surface area contributed by atoms with Crippen molar-refractivity contribution < 1.29 is 0 Å². The summed E-state index contributed by atoms with van der Waals surface area (Å²) < 4.78 is 0. The summed E-state index contributed by atoms with van der Waals surface area (Å²) in [6, 6.07) is 0. The van der Waals surface area contributed by atoms with Gasteiger partial charge < -0.3 is 0 Å². The van der Waals surface area contributed by atoms with E-state index < -0.39 is 7.26 Å². The van der Waals surface area contributed by atoms with Crippen molar-refractivity contribution >= 4 is 7.26 Å². The van der Waals surface area contributed by atoms with Gasteiger partial charge in [0, 0.05) is 0 Å². The molecule has 0 aromatic carbocycles. The second-order valence-electron chi connectivity index (χ2n) is 5.68. The van der Waals surface area contributed by atoms with E-state index in [9.17, 15) is 0 Å². The van der Waals surface area contributed by atoms with Crippen LogP contribution in [0, 0.1) is 0 Å². The SMILES string of the molecule is CCCC[PH](C(C)C)(C(C)C)C(C)C. The van der Waals surface area contributed by atoms with Gasteiger partial charge in [-0.3, -0.25) is 0 Å². The molecular formula is C13H31P.